The molecule has 22 heavy (non-hydrogen) atoms. The molecule has 0 saturated heterocycles. The largest absolute Gasteiger partial charge is 0.472 e. The minimum atomic E-state index is -5.62. The summed E-state index contributed by atoms with van der Waals surface area (Å²) in [5, 5.41) is 0. The van der Waals surface area contributed by atoms with E-state index in [2.05, 4.69) is 0 Å². The van der Waals surface area contributed by atoms with E-state index in [9.17, 15) is 35.9 Å². The molecule has 0 atom stereocenters. The third kappa shape index (κ3) is 3.58. The summed E-state index contributed by atoms with van der Waals surface area (Å²) in [4.78, 5) is 21.8. The van der Waals surface area contributed by atoms with E-state index in [0.717, 1.165) is 0 Å². The minimum absolute atomic E-state index is 0.0484. The second kappa shape index (κ2) is 5.62. The van der Waals surface area contributed by atoms with Crippen LogP contribution in [0, 0.1) is 20.8 Å². The molecule has 122 valence electrons. The van der Waals surface area contributed by atoms with Crippen molar-refractivity contribution in [2.24, 2.45) is 0 Å². The van der Waals surface area contributed by atoms with Crippen molar-refractivity contribution in [2.45, 2.75) is 33.1 Å². The molecule has 1 aromatic carbocycles. The number of halogens is 6. The second-order valence-electron chi connectivity index (χ2n) is 4.69. The van der Waals surface area contributed by atoms with E-state index in [1.54, 1.807) is 6.92 Å². The summed E-state index contributed by atoms with van der Waals surface area (Å²) < 4.78 is 75.4. The molecule has 3 nitrogen and oxygen atoms in total. The van der Waals surface area contributed by atoms with Gasteiger partial charge >= 0.3 is 24.2 Å². The van der Waals surface area contributed by atoms with Crippen LogP contribution in [-0.4, -0.2) is 24.2 Å². The van der Waals surface area contributed by atoms with E-state index in [4.69, 9.17) is 0 Å². The lowest BCUT2D eigenvalue weighted by atomic mass is 10.0. The van der Waals surface area contributed by atoms with Crippen molar-refractivity contribution in [3.8, 4) is 0 Å². The highest BCUT2D eigenvalue weighted by Gasteiger charge is 2.53. The van der Waals surface area contributed by atoms with Gasteiger partial charge in [0.25, 0.3) is 0 Å². The Morgan fingerprint density at radius 2 is 1.14 bits per heavy atom. The number of nitrogens with zero attached hydrogens (tertiary/aromatic N) is 1. The van der Waals surface area contributed by atoms with Crippen LogP contribution in [0.3, 0.4) is 0 Å². The first-order valence-electron chi connectivity index (χ1n) is 5.87. The molecule has 0 heterocycles. The van der Waals surface area contributed by atoms with Crippen LogP contribution in [0.4, 0.5) is 32.0 Å². The summed E-state index contributed by atoms with van der Waals surface area (Å²) in [7, 11) is 0. The molecule has 0 aliphatic heterocycles. The third-order valence-corrected chi connectivity index (χ3v) is 2.75. The van der Waals surface area contributed by atoms with Crippen molar-refractivity contribution in [2.75, 3.05) is 4.90 Å². The van der Waals surface area contributed by atoms with Gasteiger partial charge < -0.3 is 0 Å². The Morgan fingerprint density at radius 3 is 1.41 bits per heavy atom. The number of carbonyl (C=O) groups excluding carboxylic acids is 2. The molecule has 0 spiro atoms. The Hall–Kier alpha value is -2.06. The lowest BCUT2D eigenvalue weighted by Crippen LogP contribution is -2.51. The molecule has 2 amide bonds. The molecule has 0 unspecified atom stereocenters. The first kappa shape index (κ1) is 18.0. The van der Waals surface area contributed by atoms with Gasteiger partial charge in [-0.1, -0.05) is 17.7 Å². The maximum absolute atomic E-state index is 12.6. The number of imide groups is 1. The lowest BCUT2D eigenvalue weighted by Gasteiger charge is -2.26. The predicted octanol–water partition coefficient (Wildman–Crippen LogP) is 3.60. The molecule has 9 heteroatoms. The highest BCUT2D eigenvalue weighted by atomic mass is 19.4. The van der Waals surface area contributed by atoms with Crippen molar-refractivity contribution in [1.82, 2.24) is 0 Å². The molecule has 0 aliphatic rings. The molecule has 0 saturated carbocycles. The minimum Gasteiger partial charge on any atom is -0.263 e. The van der Waals surface area contributed by atoms with Gasteiger partial charge in [0.05, 0.1) is 5.69 Å². The zero-order valence-corrected chi connectivity index (χ0v) is 11.7. The number of hydrogen-bond acceptors (Lipinski definition) is 2. The number of rotatable bonds is 1. The van der Waals surface area contributed by atoms with E-state index in [0.29, 0.717) is 5.56 Å². The van der Waals surface area contributed by atoms with Gasteiger partial charge in [0.1, 0.15) is 0 Å². The van der Waals surface area contributed by atoms with Crippen molar-refractivity contribution in [3.05, 3.63) is 28.8 Å². The maximum Gasteiger partial charge on any atom is 0.472 e. The predicted molar refractivity (Wildman–Crippen MR) is 65.3 cm³/mol. The first-order valence-corrected chi connectivity index (χ1v) is 5.87. The fourth-order valence-electron chi connectivity index (χ4n) is 2.07. The van der Waals surface area contributed by atoms with Crippen LogP contribution in [0.2, 0.25) is 0 Å². The molecule has 0 bridgehead atoms. The Balaban J connectivity index is 3.60. The summed E-state index contributed by atoms with van der Waals surface area (Å²) in [6, 6.07) is 2.56. The third-order valence-electron chi connectivity index (χ3n) is 2.75. The van der Waals surface area contributed by atoms with Crippen LogP contribution in [0.15, 0.2) is 12.1 Å². The van der Waals surface area contributed by atoms with E-state index in [1.165, 1.54) is 26.0 Å². The summed E-state index contributed by atoms with van der Waals surface area (Å²) in [6.07, 6.45) is -11.2. The number of benzene rings is 1. The molecule has 1 aromatic rings. The Kier molecular flexibility index (Phi) is 4.59. The van der Waals surface area contributed by atoms with Crippen molar-refractivity contribution in [1.29, 1.82) is 0 Å². The van der Waals surface area contributed by atoms with Gasteiger partial charge in [-0.2, -0.15) is 26.3 Å². The van der Waals surface area contributed by atoms with Crippen LogP contribution in [0.1, 0.15) is 16.7 Å². The summed E-state index contributed by atoms with van der Waals surface area (Å²) in [5.74, 6) is -5.77. The molecule has 0 radical (unpaired) electrons. The maximum atomic E-state index is 12.6. The van der Waals surface area contributed by atoms with Crippen LogP contribution >= 0.6 is 0 Å². The van der Waals surface area contributed by atoms with Gasteiger partial charge in [-0.3, -0.25) is 9.59 Å². The molecule has 0 aliphatic carbocycles. The molecule has 0 fully saturated rings. The Morgan fingerprint density at radius 1 is 0.818 bits per heavy atom. The van der Waals surface area contributed by atoms with Crippen LogP contribution in [0.5, 0.6) is 0 Å². The van der Waals surface area contributed by atoms with Crippen molar-refractivity contribution in [3.63, 3.8) is 0 Å². The smallest absolute Gasteiger partial charge is 0.263 e. The SMILES string of the molecule is Cc1cc(C)c(N(C(=O)C(F)(F)F)C(=O)C(F)(F)F)c(C)c1. The average Bonchev–Trinajstić information content (AvgIpc) is 2.29. The molecular formula is C13H11F6NO2. The van der Waals surface area contributed by atoms with Gasteiger partial charge in [0.2, 0.25) is 0 Å². The average molecular weight is 327 g/mol. The topological polar surface area (TPSA) is 37.4 Å². The number of amides is 2. The number of alkyl halides is 6. The first-order chi connectivity index (χ1) is 9.76. The summed E-state index contributed by atoms with van der Waals surface area (Å²) in [6.45, 7) is 4.01. The molecule has 1 rings (SSSR count). The highest BCUT2D eigenvalue weighted by molar-refractivity contribution is 6.19. The zero-order valence-electron chi connectivity index (χ0n) is 11.7. The van der Waals surface area contributed by atoms with Gasteiger partial charge in [-0.05, 0) is 31.9 Å². The number of aryl methyl sites for hydroxylation is 3. The van der Waals surface area contributed by atoms with Crippen LogP contribution in [-0.2, 0) is 9.59 Å². The number of hydrogen-bond donors (Lipinski definition) is 0. The van der Waals surface area contributed by atoms with E-state index in [1.807, 2.05) is 0 Å². The van der Waals surface area contributed by atoms with E-state index >= 15 is 0 Å². The normalized spacial score (nSPS) is 12.2. The molecule has 0 aromatic heterocycles. The van der Waals surface area contributed by atoms with Crippen molar-refractivity contribution >= 4 is 17.5 Å². The monoisotopic (exact) mass is 327 g/mol. The fraction of sp³-hybridized carbons (Fsp3) is 0.385. The van der Waals surface area contributed by atoms with Crippen LogP contribution in [0.25, 0.3) is 0 Å². The number of anilines is 1. The number of carbonyl (C=O) groups is 2. The second-order valence-corrected chi connectivity index (χ2v) is 4.69. The standard InChI is InChI=1S/C13H11F6NO2/c1-6-4-7(2)9(8(3)5-6)20(10(21)12(14,15)16)11(22)13(17,18)19/h4-5H,1-3H3. The Bertz CT molecular complexity index is 569. The fourth-order valence-corrected chi connectivity index (χ4v) is 2.07. The van der Waals surface area contributed by atoms with Crippen molar-refractivity contribution < 1.29 is 35.9 Å². The zero-order chi connectivity index (χ0) is 17.5. The molecule has 0 N–H and O–H groups in total. The van der Waals surface area contributed by atoms with Gasteiger partial charge in [-0.15, -0.1) is 0 Å². The summed E-state index contributed by atoms with van der Waals surface area (Å²) in [5.41, 5.74) is -0.242. The van der Waals surface area contributed by atoms with Crippen LogP contribution < -0.4 is 4.90 Å². The van der Waals surface area contributed by atoms with Gasteiger partial charge in [-0.25, -0.2) is 4.90 Å². The lowest BCUT2D eigenvalue weighted by molar-refractivity contribution is -0.181. The van der Waals surface area contributed by atoms with E-state index < -0.39 is 34.8 Å². The quantitative estimate of drug-likeness (QED) is 0.739. The van der Waals surface area contributed by atoms with E-state index in [-0.39, 0.29) is 11.1 Å². The highest BCUT2D eigenvalue weighted by Crippen LogP contribution is 2.33. The summed E-state index contributed by atoms with van der Waals surface area (Å²) >= 11 is 0. The molecular weight excluding hydrogens is 316 g/mol. The van der Waals surface area contributed by atoms with Gasteiger partial charge in [0.15, 0.2) is 0 Å². The Labute approximate surface area is 121 Å². The van der Waals surface area contributed by atoms with Gasteiger partial charge in [0, 0.05) is 0 Å².